The van der Waals surface area contributed by atoms with E-state index in [1.54, 1.807) is 0 Å². The third-order valence-corrected chi connectivity index (χ3v) is 7.32. The maximum Gasteiger partial charge on any atom is 0.243 e. The molecule has 7 nitrogen and oxygen atoms in total. The summed E-state index contributed by atoms with van der Waals surface area (Å²) in [7, 11) is -3.82. The molecule has 2 aliphatic rings. The van der Waals surface area contributed by atoms with Crippen LogP contribution in [0.25, 0.3) is 0 Å². The number of piperidine rings is 1. The summed E-state index contributed by atoms with van der Waals surface area (Å²) in [4.78, 5) is 24.3. The maximum absolute atomic E-state index is 13.1. The predicted molar refractivity (Wildman–Crippen MR) is 109 cm³/mol. The van der Waals surface area contributed by atoms with Crippen molar-refractivity contribution in [3.63, 3.8) is 0 Å². The number of ketones is 1. The van der Waals surface area contributed by atoms with Crippen LogP contribution in [0.3, 0.4) is 0 Å². The molecule has 28 heavy (non-hydrogen) atoms. The number of nitrogens with zero attached hydrogens (tertiary/aromatic N) is 1. The molecule has 1 heterocycles. The highest BCUT2D eigenvalue weighted by atomic mass is 35.5. The van der Waals surface area contributed by atoms with Crippen LogP contribution >= 0.6 is 12.4 Å². The number of amides is 1. The lowest BCUT2D eigenvalue weighted by atomic mass is 10.0. The van der Waals surface area contributed by atoms with Crippen molar-refractivity contribution in [1.29, 1.82) is 0 Å². The lowest BCUT2D eigenvalue weighted by Gasteiger charge is -2.34. The fraction of sp³-hybridized carbons (Fsp3) is 0.579. The Labute approximate surface area is 172 Å². The predicted octanol–water partition coefficient (Wildman–Crippen LogP) is 1.71. The van der Waals surface area contributed by atoms with E-state index in [2.05, 4.69) is 5.32 Å². The number of benzene rings is 1. The summed E-state index contributed by atoms with van der Waals surface area (Å²) in [5.41, 5.74) is 6.22. The summed E-state index contributed by atoms with van der Waals surface area (Å²) in [5.74, 6) is 0.0229. The van der Waals surface area contributed by atoms with Gasteiger partial charge in [-0.05, 0) is 50.7 Å². The van der Waals surface area contributed by atoms with Crippen LogP contribution in [-0.2, 0) is 14.8 Å². The fourth-order valence-corrected chi connectivity index (χ4v) is 5.25. The molecule has 1 saturated carbocycles. The Hall–Kier alpha value is -1.48. The highest BCUT2D eigenvalue weighted by Crippen LogP contribution is 2.33. The van der Waals surface area contributed by atoms with Gasteiger partial charge in [-0.2, -0.15) is 4.31 Å². The number of nitrogens with two attached hydrogens (primary N) is 1. The normalized spacial score (nSPS) is 21.4. The topological polar surface area (TPSA) is 110 Å². The van der Waals surface area contributed by atoms with Crippen molar-refractivity contribution in [2.24, 2.45) is 11.7 Å². The molecule has 0 spiro atoms. The number of Topliss-reactive ketones (excluding diaryl/α,β-unsaturated/α-hetero) is 1. The molecule has 1 aliphatic heterocycles. The minimum Gasteiger partial charge on any atom is -0.350 e. The molecule has 156 valence electrons. The molecular weight excluding hydrogens is 402 g/mol. The molecule has 3 rings (SSSR count). The molecule has 2 fully saturated rings. The first-order valence-corrected chi connectivity index (χ1v) is 10.9. The van der Waals surface area contributed by atoms with Crippen LogP contribution in [0.2, 0.25) is 0 Å². The van der Waals surface area contributed by atoms with Gasteiger partial charge in [-0.1, -0.05) is 18.6 Å². The summed E-state index contributed by atoms with van der Waals surface area (Å²) < 4.78 is 27.5. The largest absolute Gasteiger partial charge is 0.350 e. The average molecular weight is 430 g/mol. The van der Waals surface area contributed by atoms with Gasteiger partial charge in [0.2, 0.25) is 15.9 Å². The van der Waals surface area contributed by atoms with E-state index in [0.29, 0.717) is 31.0 Å². The van der Waals surface area contributed by atoms with E-state index in [0.717, 1.165) is 25.7 Å². The molecule has 0 aromatic heterocycles. The first-order chi connectivity index (χ1) is 12.8. The highest BCUT2D eigenvalue weighted by Gasteiger charge is 2.39. The minimum atomic E-state index is -3.82. The molecule has 9 heteroatoms. The smallest absolute Gasteiger partial charge is 0.243 e. The van der Waals surface area contributed by atoms with Gasteiger partial charge in [-0.3, -0.25) is 9.59 Å². The summed E-state index contributed by atoms with van der Waals surface area (Å²) in [6.07, 6.45) is 4.13. The van der Waals surface area contributed by atoms with Gasteiger partial charge in [-0.25, -0.2) is 8.42 Å². The molecule has 0 bridgehead atoms. The van der Waals surface area contributed by atoms with Crippen LogP contribution in [0.1, 0.15) is 49.4 Å². The number of halogens is 1. The molecule has 3 N–H and O–H groups in total. The second-order valence-corrected chi connectivity index (χ2v) is 9.29. The Morgan fingerprint density at radius 2 is 1.82 bits per heavy atom. The van der Waals surface area contributed by atoms with E-state index in [-0.39, 0.29) is 35.0 Å². The zero-order valence-corrected chi connectivity index (χ0v) is 17.6. The molecule has 1 aromatic rings. The SMILES string of the molecule is CC(=O)c1ccc(S(=O)(=O)N2CCCCC2C(=O)NC(CN)C2CC2)cc1.Cl. The van der Waals surface area contributed by atoms with E-state index < -0.39 is 16.1 Å². The highest BCUT2D eigenvalue weighted by molar-refractivity contribution is 7.89. The number of hydrogen-bond donors (Lipinski definition) is 2. The van der Waals surface area contributed by atoms with E-state index >= 15 is 0 Å². The Morgan fingerprint density at radius 3 is 2.36 bits per heavy atom. The van der Waals surface area contributed by atoms with E-state index in [1.807, 2.05) is 0 Å². The van der Waals surface area contributed by atoms with Gasteiger partial charge in [0.15, 0.2) is 5.78 Å². The molecule has 1 aromatic carbocycles. The fourth-order valence-electron chi connectivity index (χ4n) is 3.60. The molecule has 1 aliphatic carbocycles. The zero-order chi connectivity index (χ0) is 19.6. The van der Waals surface area contributed by atoms with Crippen LogP contribution in [0.5, 0.6) is 0 Å². The lowest BCUT2D eigenvalue weighted by Crippen LogP contribution is -2.55. The summed E-state index contributed by atoms with van der Waals surface area (Å²) in [6.45, 7) is 2.11. The Kier molecular flexibility index (Phi) is 7.61. The standard InChI is InChI=1S/C19H27N3O4S.ClH/c1-13(23)14-7-9-16(10-8-14)27(25,26)22-11-3-2-4-18(22)19(24)21-17(12-20)15-5-6-15;/h7-10,15,17-18H,2-6,11-12,20H2,1H3,(H,21,24);1H. The van der Waals surface area contributed by atoms with Crippen molar-refractivity contribution >= 4 is 34.1 Å². The molecule has 2 unspecified atom stereocenters. The van der Waals surface area contributed by atoms with Crippen LogP contribution in [0.15, 0.2) is 29.2 Å². The number of carbonyl (C=O) groups is 2. The Balaban J connectivity index is 0.00000280. The van der Waals surface area contributed by atoms with Crippen LogP contribution in [0, 0.1) is 5.92 Å². The van der Waals surface area contributed by atoms with Crippen molar-refractivity contribution in [1.82, 2.24) is 9.62 Å². The quantitative estimate of drug-likeness (QED) is 0.641. The Morgan fingerprint density at radius 1 is 1.18 bits per heavy atom. The van der Waals surface area contributed by atoms with E-state index in [9.17, 15) is 18.0 Å². The first kappa shape index (κ1) is 22.8. The van der Waals surface area contributed by atoms with Crippen molar-refractivity contribution in [2.45, 2.75) is 56.0 Å². The van der Waals surface area contributed by atoms with Crippen LogP contribution in [-0.4, -0.2) is 49.6 Å². The third kappa shape index (κ3) is 4.92. The number of sulfonamides is 1. The van der Waals surface area contributed by atoms with Gasteiger partial charge in [0.05, 0.1) is 4.90 Å². The van der Waals surface area contributed by atoms with E-state index in [4.69, 9.17) is 5.73 Å². The van der Waals surface area contributed by atoms with Crippen LogP contribution in [0.4, 0.5) is 0 Å². The number of carbonyl (C=O) groups excluding carboxylic acids is 2. The zero-order valence-electron chi connectivity index (χ0n) is 16.0. The van der Waals surface area contributed by atoms with Gasteiger partial charge in [0.1, 0.15) is 6.04 Å². The average Bonchev–Trinajstić information content (AvgIpc) is 3.51. The van der Waals surface area contributed by atoms with Crippen molar-refractivity contribution in [3.8, 4) is 0 Å². The second-order valence-electron chi connectivity index (χ2n) is 7.40. The number of nitrogens with one attached hydrogen (secondary N) is 1. The minimum absolute atomic E-state index is 0. The van der Waals surface area contributed by atoms with Gasteiger partial charge in [-0.15, -0.1) is 12.4 Å². The van der Waals surface area contributed by atoms with E-state index in [1.165, 1.54) is 35.5 Å². The summed E-state index contributed by atoms with van der Waals surface area (Å²) in [6, 6.07) is 5.07. The number of hydrogen-bond acceptors (Lipinski definition) is 5. The maximum atomic E-state index is 13.1. The second kappa shape index (κ2) is 9.35. The molecule has 1 amide bonds. The van der Waals surface area contributed by atoms with Crippen molar-refractivity contribution in [3.05, 3.63) is 29.8 Å². The number of rotatable bonds is 7. The summed E-state index contributed by atoms with van der Waals surface area (Å²) >= 11 is 0. The molecular formula is C19H28ClN3O4S. The van der Waals surface area contributed by atoms with Gasteiger partial charge < -0.3 is 11.1 Å². The molecule has 0 radical (unpaired) electrons. The third-order valence-electron chi connectivity index (χ3n) is 5.40. The first-order valence-electron chi connectivity index (χ1n) is 9.48. The van der Waals surface area contributed by atoms with Crippen molar-refractivity contribution in [2.75, 3.05) is 13.1 Å². The van der Waals surface area contributed by atoms with Crippen molar-refractivity contribution < 1.29 is 18.0 Å². The Bertz CT molecular complexity index is 809. The molecule has 1 saturated heterocycles. The van der Waals surface area contributed by atoms with Gasteiger partial charge in [0, 0.05) is 24.7 Å². The summed E-state index contributed by atoms with van der Waals surface area (Å²) in [5, 5.41) is 2.96. The van der Waals surface area contributed by atoms with Gasteiger partial charge >= 0.3 is 0 Å². The lowest BCUT2D eigenvalue weighted by molar-refractivity contribution is -0.126. The van der Waals surface area contributed by atoms with Gasteiger partial charge in [0.25, 0.3) is 0 Å². The van der Waals surface area contributed by atoms with Crippen LogP contribution < -0.4 is 11.1 Å². The molecule has 2 atom stereocenters. The monoisotopic (exact) mass is 429 g/mol.